The second-order valence-electron chi connectivity index (χ2n) is 6.93. The van der Waals surface area contributed by atoms with Crippen molar-refractivity contribution < 1.29 is 14.3 Å². The zero-order chi connectivity index (χ0) is 20.1. The molecule has 1 heterocycles. The topological polar surface area (TPSA) is 70.7 Å². The number of amides is 2. The number of nitrogens with zero attached hydrogens (tertiary/aromatic N) is 1. The van der Waals surface area contributed by atoms with Gasteiger partial charge >= 0.3 is 0 Å². The van der Waals surface area contributed by atoms with Crippen molar-refractivity contribution in [3.8, 4) is 0 Å². The molecule has 2 aromatic carbocycles. The highest BCUT2D eigenvalue weighted by atomic mass is 79.9. The molecule has 2 N–H and O–H groups in total. The zero-order valence-electron chi connectivity index (χ0n) is 15.9. The molecule has 6 nitrogen and oxygen atoms in total. The number of rotatable bonds is 5. The molecule has 0 bridgehead atoms. The van der Waals surface area contributed by atoms with Gasteiger partial charge in [-0.05, 0) is 66.2 Å². The van der Waals surface area contributed by atoms with E-state index in [0.29, 0.717) is 18.7 Å². The smallest absolute Gasteiger partial charge is 0.254 e. The van der Waals surface area contributed by atoms with Gasteiger partial charge in [-0.25, -0.2) is 0 Å². The Morgan fingerprint density at radius 2 is 1.71 bits per heavy atom. The number of benzene rings is 2. The van der Waals surface area contributed by atoms with Crippen molar-refractivity contribution in [2.75, 3.05) is 30.3 Å². The first-order valence-corrected chi connectivity index (χ1v) is 10.0. The Hall–Kier alpha value is -2.38. The molecule has 0 radical (unpaired) electrons. The minimum Gasteiger partial charge on any atom is -0.376 e. The second kappa shape index (κ2) is 9.21. The summed E-state index contributed by atoms with van der Waals surface area (Å²) in [6, 6.07) is 14.6. The average Bonchev–Trinajstić information content (AvgIpc) is 2.67. The zero-order valence-corrected chi connectivity index (χ0v) is 17.5. The summed E-state index contributed by atoms with van der Waals surface area (Å²) in [5.74, 6) is -0.149. The van der Waals surface area contributed by atoms with Gasteiger partial charge in [0.2, 0.25) is 5.91 Å². The summed E-state index contributed by atoms with van der Waals surface area (Å²) in [7, 11) is 0. The molecule has 1 aliphatic heterocycles. The number of carbonyl (C=O) groups is 2. The number of morpholine rings is 1. The van der Waals surface area contributed by atoms with Crippen LogP contribution in [0.1, 0.15) is 24.2 Å². The van der Waals surface area contributed by atoms with Crippen molar-refractivity contribution in [1.82, 2.24) is 4.90 Å². The van der Waals surface area contributed by atoms with Gasteiger partial charge in [-0.1, -0.05) is 12.1 Å². The van der Waals surface area contributed by atoms with E-state index in [4.69, 9.17) is 4.74 Å². The van der Waals surface area contributed by atoms with Gasteiger partial charge < -0.3 is 20.3 Å². The standard InChI is InChI=1S/C21H24BrN3O3/c1-14-12-25(13-15(2)28-14)21(27)16-7-9-17(10-8-16)23-11-20(26)24-19-6-4-3-5-18(19)22/h3-10,14-15,23H,11-13H2,1-2H3,(H,24,26). The van der Waals surface area contributed by atoms with E-state index in [9.17, 15) is 9.59 Å². The van der Waals surface area contributed by atoms with E-state index >= 15 is 0 Å². The number of hydrogen-bond acceptors (Lipinski definition) is 4. The van der Waals surface area contributed by atoms with Crippen molar-refractivity contribution in [3.63, 3.8) is 0 Å². The SMILES string of the molecule is CC1CN(C(=O)c2ccc(NCC(=O)Nc3ccccc3Br)cc2)CC(C)O1. The second-order valence-corrected chi connectivity index (χ2v) is 7.78. The van der Waals surface area contributed by atoms with Crippen LogP contribution in [0.25, 0.3) is 0 Å². The van der Waals surface area contributed by atoms with E-state index < -0.39 is 0 Å². The highest BCUT2D eigenvalue weighted by Gasteiger charge is 2.26. The van der Waals surface area contributed by atoms with Crippen LogP contribution < -0.4 is 10.6 Å². The number of carbonyl (C=O) groups excluding carboxylic acids is 2. The van der Waals surface area contributed by atoms with Gasteiger partial charge in [0.05, 0.1) is 24.4 Å². The van der Waals surface area contributed by atoms with Crippen LogP contribution in [0.3, 0.4) is 0 Å². The van der Waals surface area contributed by atoms with Crippen LogP contribution in [0.2, 0.25) is 0 Å². The van der Waals surface area contributed by atoms with Gasteiger partial charge in [-0.2, -0.15) is 0 Å². The lowest BCUT2D eigenvalue weighted by atomic mass is 10.1. The van der Waals surface area contributed by atoms with Crippen LogP contribution in [0.5, 0.6) is 0 Å². The summed E-state index contributed by atoms with van der Waals surface area (Å²) in [5, 5.41) is 5.91. The quantitative estimate of drug-likeness (QED) is 0.734. The fourth-order valence-electron chi connectivity index (χ4n) is 3.20. The van der Waals surface area contributed by atoms with Gasteiger partial charge in [-0.15, -0.1) is 0 Å². The Kier molecular flexibility index (Phi) is 6.70. The Labute approximate surface area is 173 Å². The molecule has 1 saturated heterocycles. The minimum absolute atomic E-state index is 0.000205. The Morgan fingerprint density at radius 1 is 1.07 bits per heavy atom. The monoisotopic (exact) mass is 445 g/mol. The summed E-state index contributed by atoms with van der Waals surface area (Å²) in [5.41, 5.74) is 2.14. The first kappa shape index (κ1) is 20.4. The number of anilines is 2. The van der Waals surface area contributed by atoms with Crippen molar-refractivity contribution in [1.29, 1.82) is 0 Å². The molecule has 148 valence electrons. The van der Waals surface area contributed by atoms with Gasteiger partial charge in [0, 0.05) is 28.8 Å². The summed E-state index contributed by atoms with van der Waals surface area (Å²) in [4.78, 5) is 26.6. The van der Waals surface area contributed by atoms with Crippen molar-refractivity contribution >= 4 is 39.1 Å². The molecule has 2 unspecified atom stereocenters. The fourth-order valence-corrected chi connectivity index (χ4v) is 3.58. The lowest BCUT2D eigenvalue weighted by Crippen LogP contribution is -2.48. The van der Waals surface area contributed by atoms with Crippen LogP contribution in [-0.4, -0.2) is 48.6 Å². The molecular weight excluding hydrogens is 422 g/mol. The molecule has 0 aromatic heterocycles. The number of nitrogens with one attached hydrogen (secondary N) is 2. The van der Waals surface area contributed by atoms with E-state index in [1.165, 1.54) is 0 Å². The Morgan fingerprint density at radius 3 is 2.36 bits per heavy atom. The highest BCUT2D eigenvalue weighted by Crippen LogP contribution is 2.21. The summed E-state index contributed by atoms with van der Waals surface area (Å²) < 4.78 is 6.51. The first-order valence-electron chi connectivity index (χ1n) is 9.25. The number of ether oxygens (including phenoxy) is 1. The molecule has 1 aliphatic rings. The van der Waals surface area contributed by atoms with E-state index in [-0.39, 0.29) is 30.6 Å². The Balaban J connectivity index is 1.53. The van der Waals surface area contributed by atoms with Crippen molar-refractivity contribution in [2.45, 2.75) is 26.1 Å². The van der Waals surface area contributed by atoms with E-state index in [1.54, 1.807) is 12.1 Å². The normalized spacial score (nSPS) is 19.2. The third-order valence-electron chi connectivity index (χ3n) is 4.44. The van der Waals surface area contributed by atoms with Crippen LogP contribution in [0, 0.1) is 0 Å². The molecule has 0 spiro atoms. The summed E-state index contributed by atoms with van der Waals surface area (Å²) >= 11 is 3.40. The maximum absolute atomic E-state index is 12.7. The molecule has 7 heteroatoms. The molecule has 28 heavy (non-hydrogen) atoms. The highest BCUT2D eigenvalue weighted by molar-refractivity contribution is 9.10. The average molecular weight is 446 g/mol. The minimum atomic E-state index is -0.150. The predicted octanol–water partition coefficient (Wildman–Crippen LogP) is 3.75. The van der Waals surface area contributed by atoms with Gasteiger partial charge in [0.15, 0.2) is 0 Å². The van der Waals surface area contributed by atoms with Crippen LogP contribution in [0.15, 0.2) is 53.0 Å². The fraction of sp³-hybridized carbons (Fsp3) is 0.333. The molecule has 2 atom stereocenters. The van der Waals surface area contributed by atoms with Gasteiger partial charge in [0.25, 0.3) is 5.91 Å². The maximum atomic E-state index is 12.7. The van der Waals surface area contributed by atoms with E-state index in [1.807, 2.05) is 55.1 Å². The van der Waals surface area contributed by atoms with Gasteiger partial charge in [0.1, 0.15) is 0 Å². The number of para-hydroxylation sites is 1. The van der Waals surface area contributed by atoms with Crippen molar-refractivity contribution in [2.24, 2.45) is 0 Å². The van der Waals surface area contributed by atoms with E-state index in [2.05, 4.69) is 26.6 Å². The molecular formula is C21H24BrN3O3. The van der Waals surface area contributed by atoms with E-state index in [0.717, 1.165) is 15.8 Å². The van der Waals surface area contributed by atoms with Crippen LogP contribution >= 0.6 is 15.9 Å². The first-order chi connectivity index (χ1) is 13.4. The van der Waals surface area contributed by atoms with Crippen molar-refractivity contribution in [3.05, 3.63) is 58.6 Å². The molecule has 0 saturated carbocycles. The molecule has 3 rings (SSSR count). The lowest BCUT2D eigenvalue weighted by Gasteiger charge is -2.35. The molecule has 2 amide bonds. The molecule has 2 aromatic rings. The number of halogens is 1. The van der Waals surface area contributed by atoms with Crippen LogP contribution in [-0.2, 0) is 9.53 Å². The Bertz CT molecular complexity index is 831. The van der Waals surface area contributed by atoms with Gasteiger partial charge in [-0.3, -0.25) is 9.59 Å². The lowest BCUT2D eigenvalue weighted by molar-refractivity contribution is -0.114. The predicted molar refractivity (Wildman–Crippen MR) is 114 cm³/mol. The largest absolute Gasteiger partial charge is 0.376 e. The summed E-state index contributed by atoms with van der Waals surface area (Å²) in [6.45, 7) is 5.27. The molecule has 0 aliphatic carbocycles. The maximum Gasteiger partial charge on any atom is 0.254 e. The van der Waals surface area contributed by atoms with Crippen LogP contribution in [0.4, 0.5) is 11.4 Å². The number of hydrogen-bond donors (Lipinski definition) is 2. The summed E-state index contributed by atoms with van der Waals surface area (Å²) in [6.07, 6.45) is 0.0774. The third-order valence-corrected chi connectivity index (χ3v) is 5.13. The third kappa shape index (κ3) is 5.33. The molecule has 1 fully saturated rings.